The second-order valence-corrected chi connectivity index (χ2v) is 7.88. The first-order valence-electron chi connectivity index (χ1n) is 10.8. The fourth-order valence-corrected chi connectivity index (χ4v) is 3.81. The van der Waals surface area contributed by atoms with E-state index in [-0.39, 0.29) is 17.0 Å². The number of non-ortho nitro benzene ring substituents is 1. The summed E-state index contributed by atoms with van der Waals surface area (Å²) in [7, 11) is 0. The predicted octanol–water partition coefficient (Wildman–Crippen LogP) is 6.02. The van der Waals surface area contributed by atoms with Crippen molar-refractivity contribution in [2.75, 3.05) is 5.32 Å². The molecule has 0 atom stereocenters. The number of benzene rings is 3. The number of nitro benzene ring substituents is 1. The van der Waals surface area contributed by atoms with Crippen LogP contribution in [0.4, 0.5) is 11.4 Å². The fraction of sp³-hybridized carbons (Fsp3) is 0. The maximum Gasteiger partial charge on any atom is 0.336 e. The molecule has 0 radical (unpaired) electrons. The molecule has 3 aromatic carbocycles. The monoisotopic (exact) mass is 479 g/mol. The number of carbonyl (C=O) groups excluding carboxylic acids is 1. The Bertz CT molecular complexity index is 1640. The van der Waals surface area contributed by atoms with E-state index in [0.29, 0.717) is 39.2 Å². The largest absolute Gasteiger partial charge is 0.478 e. The van der Waals surface area contributed by atoms with Gasteiger partial charge in [-0.25, -0.2) is 9.78 Å². The van der Waals surface area contributed by atoms with Gasteiger partial charge in [-0.3, -0.25) is 14.9 Å². The van der Waals surface area contributed by atoms with Crippen molar-refractivity contribution in [2.24, 2.45) is 0 Å². The van der Waals surface area contributed by atoms with Crippen molar-refractivity contribution >= 4 is 34.2 Å². The van der Waals surface area contributed by atoms with E-state index in [1.165, 1.54) is 24.3 Å². The van der Waals surface area contributed by atoms with Crippen LogP contribution >= 0.6 is 0 Å². The number of hydrogen-bond donors (Lipinski definition) is 2. The standard InChI is InChI=1S/C27H17N3O6/c31-26(25-13-12-24(36-25)16-8-10-19(11-9-16)30(34)35)28-18-5-3-4-17(14-18)23-15-21(27(32)33)20-6-1-2-7-22(20)29-23/h1-15H,(H,28,31)(H,32,33). The molecule has 0 fully saturated rings. The van der Waals surface area contributed by atoms with Gasteiger partial charge < -0.3 is 14.8 Å². The van der Waals surface area contributed by atoms with Gasteiger partial charge in [0.05, 0.1) is 21.7 Å². The van der Waals surface area contributed by atoms with Gasteiger partial charge in [-0.2, -0.15) is 0 Å². The molecule has 0 bridgehead atoms. The Morgan fingerprint density at radius 3 is 2.42 bits per heavy atom. The SMILES string of the molecule is O=C(Nc1cccc(-c2cc(C(=O)O)c3ccccc3n2)c1)c1ccc(-c2ccc([N+](=O)[O-])cc2)o1. The van der Waals surface area contributed by atoms with Crippen LogP contribution in [0.1, 0.15) is 20.9 Å². The number of rotatable bonds is 6. The maximum absolute atomic E-state index is 12.8. The van der Waals surface area contributed by atoms with Gasteiger partial charge >= 0.3 is 5.97 Å². The number of aromatic nitrogens is 1. The maximum atomic E-state index is 12.8. The minimum atomic E-state index is -1.05. The van der Waals surface area contributed by atoms with Gasteiger partial charge in [0, 0.05) is 34.3 Å². The minimum Gasteiger partial charge on any atom is -0.478 e. The molecule has 0 saturated carbocycles. The summed E-state index contributed by atoms with van der Waals surface area (Å²) in [5, 5.41) is 23.8. The van der Waals surface area contributed by atoms with Gasteiger partial charge in [-0.05, 0) is 48.5 Å². The highest BCUT2D eigenvalue weighted by Gasteiger charge is 2.16. The molecule has 5 aromatic rings. The normalized spacial score (nSPS) is 10.8. The molecule has 0 aliphatic heterocycles. The average molecular weight is 479 g/mol. The van der Waals surface area contributed by atoms with Gasteiger partial charge in [0.25, 0.3) is 11.6 Å². The van der Waals surface area contributed by atoms with Crippen LogP contribution in [0.25, 0.3) is 33.5 Å². The average Bonchev–Trinajstić information content (AvgIpc) is 3.39. The lowest BCUT2D eigenvalue weighted by molar-refractivity contribution is -0.384. The highest BCUT2D eigenvalue weighted by Crippen LogP contribution is 2.28. The van der Waals surface area contributed by atoms with Crippen LogP contribution in [0.3, 0.4) is 0 Å². The molecule has 2 heterocycles. The van der Waals surface area contributed by atoms with Gasteiger partial charge in [-0.15, -0.1) is 0 Å². The molecule has 0 aliphatic carbocycles. The van der Waals surface area contributed by atoms with Crippen molar-refractivity contribution in [3.8, 4) is 22.6 Å². The Kier molecular flexibility index (Phi) is 5.71. The van der Waals surface area contributed by atoms with Gasteiger partial charge in [-0.1, -0.05) is 30.3 Å². The highest BCUT2D eigenvalue weighted by molar-refractivity contribution is 6.04. The number of amides is 1. The zero-order valence-corrected chi connectivity index (χ0v) is 18.5. The summed E-state index contributed by atoms with van der Waals surface area (Å²) < 4.78 is 5.65. The molecule has 0 saturated heterocycles. The Labute approximate surface area is 203 Å². The number of para-hydroxylation sites is 1. The lowest BCUT2D eigenvalue weighted by Crippen LogP contribution is -2.10. The van der Waals surface area contributed by atoms with E-state index < -0.39 is 16.8 Å². The van der Waals surface area contributed by atoms with Crippen LogP contribution in [0.15, 0.2) is 95.4 Å². The van der Waals surface area contributed by atoms with Crippen molar-refractivity contribution in [2.45, 2.75) is 0 Å². The molecule has 2 aromatic heterocycles. The van der Waals surface area contributed by atoms with Crippen molar-refractivity contribution in [1.82, 2.24) is 4.98 Å². The lowest BCUT2D eigenvalue weighted by atomic mass is 10.0. The van der Waals surface area contributed by atoms with Crippen LogP contribution in [0.2, 0.25) is 0 Å². The number of carboxylic acids is 1. The molecule has 0 aliphatic rings. The van der Waals surface area contributed by atoms with Crippen molar-refractivity contribution in [3.05, 3.63) is 112 Å². The van der Waals surface area contributed by atoms with Gasteiger partial charge in [0.15, 0.2) is 5.76 Å². The molecular weight excluding hydrogens is 462 g/mol. The topological polar surface area (TPSA) is 136 Å². The number of carboxylic acid groups (broad SMARTS) is 1. The molecule has 36 heavy (non-hydrogen) atoms. The number of anilines is 1. The van der Waals surface area contributed by atoms with Gasteiger partial charge in [0.1, 0.15) is 5.76 Å². The highest BCUT2D eigenvalue weighted by atomic mass is 16.6. The molecule has 0 spiro atoms. The molecule has 9 nitrogen and oxygen atoms in total. The van der Waals surface area contributed by atoms with Crippen LogP contribution in [-0.2, 0) is 0 Å². The Balaban J connectivity index is 1.39. The number of nitro groups is 1. The Morgan fingerprint density at radius 2 is 1.67 bits per heavy atom. The first kappa shape index (κ1) is 22.5. The number of furan rings is 1. The first-order chi connectivity index (χ1) is 17.4. The summed E-state index contributed by atoms with van der Waals surface area (Å²) in [6, 6.07) is 24.3. The second kappa shape index (κ2) is 9.15. The first-order valence-corrected chi connectivity index (χ1v) is 10.8. The van der Waals surface area contributed by atoms with Crippen LogP contribution < -0.4 is 5.32 Å². The quantitative estimate of drug-likeness (QED) is 0.224. The summed E-state index contributed by atoms with van der Waals surface area (Å²) in [6.07, 6.45) is 0. The number of fused-ring (bicyclic) bond motifs is 1. The van der Waals surface area contributed by atoms with E-state index >= 15 is 0 Å². The second-order valence-electron chi connectivity index (χ2n) is 7.88. The van der Waals surface area contributed by atoms with E-state index in [0.717, 1.165) is 0 Å². The Hall–Kier alpha value is -5.31. The molecule has 5 rings (SSSR count). The molecule has 1 amide bonds. The number of pyridine rings is 1. The van der Waals surface area contributed by atoms with Gasteiger partial charge in [0.2, 0.25) is 0 Å². The van der Waals surface area contributed by atoms with Crippen molar-refractivity contribution < 1.29 is 24.0 Å². The summed E-state index contributed by atoms with van der Waals surface area (Å²) in [5.41, 5.74) is 2.80. The van der Waals surface area contributed by atoms with E-state index in [1.807, 2.05) is 0 Å². The van der Waals surface area contributed by atoms with Crippen LogP contribution in [0, 0.1) is 10.1 Å². The number of hydrogen-bond acceptors (Lipinski definition) is 6. The third kappa shape index (κ3) is 4.40. The van der Waals surface area contributed by atoms with Crippen LogP contribution in [0.5, 0.6) is 0 Å². The van der Waals surface area contributed by atoms with E-state index in [4.69, 9.17) is 4.42 Å². The predicted molar refractivity (Wildman–Crippen MR) is 133 cm³/mol. The molecule has 9 heteroatoms. The fourth-order valence-electron chi connectivity index (χ4n) is 3.81. The Morgan fingerprint density at radius 1 is 0.889 bits per heavy atom. The lowest BCUT2D eigenvalue weighted by Gasteiger charge is -2.09. The molecule has 176 valence electrons. The third-order valence-corrected chi connectivity index (χ3v) is 5.56. The molecule has 2 N–H and O–H groups in total. The van der Waals surface area contributed by atoms with E-state index in [1.54, 1.807) is 66.7 Å². The number of carbonyl (C=O) groups is 2. The van der Waals surface area contributed by atoms with Crippen molar-refractivity contribution in [3.63, 3.8) is 0 Å². The zero-order valence-electron chi connectivity index (χ0n) is 18.5. The molecular formula is C27H17N3O6. The third-order valence-electron chi connectivity index (χ3n) is 5.56. The number of nitrogens with zero attached hydrogens (tertiary/aromatic N) is 2. The summed E-state index contributed by atoms with van der Waals surface area (Å²) >= 11 is 0. The number of aromatic carboxylic acids is 1. The van der Waals surface area contributed by atoms with E-state index in [9.17, 15) is 24.8 Å². The minimum absolute atomic E-state index is 0.0421. The van der Waals surface area contributed by atoms with Crippen LogP contribution in [-0.4, -0.2) is 26.9 Å². The van der Waals surface area contributed by atoms with Crippen molar-refractivity contribution in [1.29, 1.82) is 0 Å². The summed E-state index contributed by atoms with van der Waals surface area (Å²) in [6.45, 7) is 0. The zero-order chi connectivity index (χ0) is 25.2. The summed E-state index contributed by atoms with van der Waals surface area (Å²) in [5.74, 6) is -1.09. The summed E-state index contributed by atoms with van der Waals surface area (Å²) in [4.78, 5) is 39.5. The smallest absolute Gasteiger partial charge is 0.336 e. The van der Waals surface area contributed by atoms with E-state index in [2.05, 4.69) is 10.3 Å². The molecule has 0 unspecified atom stereocenters. The number of nitrogens with one attached hydrogen (secondary N) is 1.